The summed E-state index contributed by atoms with van der Waals surface area (Å²) in [4.78, 5) is 27.2. The molecule has 7 heteroatoms. The molecule has 1 aromatic carbocycles. The van der Waals surface area contributed by atoms with Crippen molar-refractivity contribution >= 4 is 24.3 Å². The Morgan fingerprint density at radius 3 is 2.70 bits per heavy atom. The molecule has 112 valence electrons. The van der Waals surface area contributed by atoms with Crippen molar-refractivity contribution in [2.45, 2.75) is 0 Å². The molecule has 0 saturated heterocycles. The molecular formula is C16H9N3O3S. The Hall–Kier alpha value is -3.42. The van der Waals surface area contributed by atoms with Gasteiger partial charge in [0, 0.05) is 11.6 Å². The molecule has 1 aromatic heterocycles. The van der Waals surface area contributed by atoms with Crippen LogP contribution in [-0.4, -0.2) is 21.0 Å². The molecule has 3 N–H and O–H groups in total. The second-order valence-corrected chi connectivity index (χ2v) is 4.69. The number of nitrogens with zero attached hydrogens (tertiary/aromatic N) is 1. The highest BCUT2D eigenvalue weighted by Crippen LogP contribution is 2.09. The SMILES string of the molecule is N#Cc1c(C#Cc2ccccc2/C=C/C(=O)O)[nH]c(=S)[nH]c1=O. The molecular weight excluding hydrogens is 314 g/mol. The molecule has 0 atom stereocenters. The van der Waals surface area contributed by atoms with E-state index in [0.29, 0.717) is 11.1 Å². The average Bonchev–Trinajstić information content (AvgIpc) is 2.51. The number of carbonyl (C=O) groups is 1. The minimum Gasteiger partial charge on any atom is -0.478 e. The van der Waals surface area contributed by atoms with Gasteiger partial charge in [0.05, 0.1) is 0 Å². The van der Waals surface area contributed by atoms with E-state index in [9.17, 15) is 9.59 Å². The van der Waals surface area contributed by atoms with Gasteiger partial charge in [0.15, 0.2) is 4.77 Å². The number of aromatic amines is 2. The molecule has 23 heavy (non-hydrogen) atoms. The third-order valence-electron chi connectivity index (χ3n) is 2.74. The maximum absolute atomic E-state index is 11.6. The van der Waals surface area contributed by atoms with Crippen molar-refractivity contribution in [3.8, 4) is 17.9 Å². The fraction of sp³-hybridized carbons (Fsp3) is 0. The van der Waals surface area contributed by atoms with E-state index in [1.165, 1.54) is 6.08 Å². The van der Waals surface area contributed by atoms with Crippen molar-refractivity contribution in [3.63, 3.8) is 0 Å². The van der Waals surface area contributed by atoms with E-state index in [1.54, 1.807) is 30.3 Å². The highest BCUT2D eigenvalue weighted by molar-refractivity contribution is 7.71. The first-order valence-electron chi connectivity index (χ1n) is 6.30. The topological polar surface area (TPSA) is 110 Å². The quantitative estimate of drug-likeness (QED) is 0.443. The van der Waals surface area contributed by atoms with Crippen LogP contribution in [0.2, 0.25) is 0 Å². The van der Waals surface area contributed by atoms with Gasteiger partial charge in [-0.05, 0) is 35.8 Å². The third kappa shape index (κ3) is 4.03. The number of nitrogens with one attached hydrogen (secondary N) is 2. The number of aliphatic carboxylic acids is 1. The predicted molar refractivity (Wildman–Crippen MR) is 86.1 cm³/mol. The first kappa shape index (κ1) is 16.0. The number of benzene rings is 1. The fourth-order valence-corrected chi connectivity index (χ4v) is 1.93. The smallest absolute Gasteiger partial charge is 0.328 e. The van der Waals surface area contributed by atoms with Crippen LogP contribution in [0.25, 0.3) is 6.08 Å². The van der Waals surface area contributed by atoms with Gasteiger partial charge in [-0.3, -0.25) is 9.78 Å². The fourth-order valence-electron chi connectivity index (χ4n) is 1.73. The monoisotopic (exact) mass is 323 g/mol. The number of hydrogen-bond donors (Lipinski definition) is 3. The summed E-state index contributed by atoms with van der Waals surface area (Å²) >= 11 is 4.86. The molecule has 1 heterocycles. The Balaban J connectivity index is 2.53. The van der Waals surface area contributed by atoms with Gasteiger partial charge in [0.2, 0.25) is 0 Å². The Labute approximate surface area is 135 Å². The van der Waals surface area contributed by atoms with Crippen LogP contribution in [0.15, 0.2) is 35.1 Å². The molecule has 6 nitrogen and oxygen atoms in total. The highest BCUT2D eigenvalue weighted by atomic mass is 32.1. The zero-order valence-corrected chi connectivity index (χ0v) is 12.4. The lowest BCUT2D eigenvalue weighted by atomic mass is 10.1. The van der Waals surface area contributed by atoms with E-state index >= 15 is 0 Å². The van der Waals surface area contributed by atoms with Crippen molar-refractivity contribution < 1.29 is 9.90 Å². The van der Waals surface area contributed by atoms with E-state index in [1.807, 2.05) is 0 Å². The number of H-pyrrole nitrogens is 2. The normalized spacial score (nSPS) is 9.87. The molecule has 0 aliphatic heterocycles. The maximum Gasteiger partial charge on any atom is 0.328 e. The summed E-state index contributed by atoms with van der Waals surface area (Å²) in [6.45, 7) is 0. The highest BCUT2D eigenvalue weighted by Gasteiger charge is 2.05. The average molecular weight is 323 g/mol. The molecule has 0 aliphatic rings. The van der Waals surface area contributed by atoms with Gasteiger partial charge in [-0.1, -0.05) is 24.1 Å². The van der Waals surface area contributed by atoms with Gasteiger partial charge in [0.25, 0.3) is 5.56 Å². The second kappa shape index (κ2) is 7.03. The molecule has 0 radical (unpaired) electrons. The van der Waals surface area contributed by atoms with Gasteiger partial charge < -0.3 is 10.1 Å². The molecule has 0 saturated carbocycles. The van der Waals surface area contributed by atoms with Crippen LogP contribution in [0.4, 0.5) is 0 Å². The Bertz CT molecular complexity index is 1010. The lowest BCUT2D eigenvalue weighted by Crippen LogP contribution is -2.14. The number of carboxylic acid groups (broad SMARTS) is 1. The second-order valence-electron chi connectivity index (χ2n) is 4.28. The number of hydrogen-bond acceptors (Lipinski definition) is 4. The van der Waals surface area contributed by atoms with Gasteiger partial charge in [-0.25, -0.2) is 4.79 Å². The number of rotatable bonds is 2. The lowest BCUT2D eigenvalue weighted by molar-refractivity contribution is -0.131. The molecule has 0 bridgehead atoms. The van der Waals surface area contributed by atoms with Crippen LogP contribution < -0.4 is 5.56 Å². The molecule has 2 rings (SSSR count). The van der Waals surface area contributed by atoms with Crippen molar-refractivity contribution in [1.29, 1.82) is 5.26 Å². The Kier molecular flexibility index (Phi) is 4.88. The molecule has 0 aliphatic carbocycles. The van der Waals surface area contributed by atoms with Crippen LogP contribution in [0, 0.1) is 27.9 Å². The van der Waals surface area contributed by atoms with Gasteiger partial charge in [-0.15, -0.1) is 0 Å². The van der Waals surface area contributed by atoms with E-state index in [4.69, 9.17) is 22.6 Å². The first-order chi connectivity index (χ1) is 11.0. The van der Waals surface area contributed by atoms with Gasteiger partial charge >= 0.3 is 5.97 Å². The number of aromatic nitrogens is 2. The van der Waals surface area contributed by atoms with Crippen molar-refractivity contribution in [3.05, 3.63) is 67.9 Å². The molecule has 0 fully saturated rings. The van der Waals surface area contributed by atoms with Crippen molar-refractivity contribution in [1.82, 2.24) is 9.97 Å². The van der Waals surface area contributed by atoms with Crippen LogP contribution in [0.1, 0.15) is 22.4 Å². The van der Waals surface area contributed by atoms with Crippen molar-refractivity contribution in [2.75, 3.05) is 0 Å². The maximum atomic E-state index is 11.6. The molecule has 0 amide bonds. The summed E-state index contributed by atoms with van der Waals surface area (Å²) < 4.78 is 0.0670. The molecule has 0 unspecified atom stereocenters. The van der Waals surface area contributed by atoms with E-state index in [-0.39, 0.29) is 16.0 Å². The number of nitriles is 1. The zero-order chi connectivity index (χ0) is 16.8. The van der Waals surface area contributed by atoms with Crippen LogP contribution >= 0.6 is 12.2 Å². The minimum atomic E-state index is -1.07. The number of carboxylic acids is 1. The Morgan fingerprint density at radius 1 is 1.26 bits per heavy atom. The van der Waals surface area contributed by atoms with E-state index in [0.717, 1.165) is 6.08 Å². The standard InChI is InChI=1S/C16H9N3O3S/c17-9-12-13(18-16(23)19-15(12)22)7-5-10-3-1-2-4-11(10)6-8-14(20)21/h1-4,6,8H,(H,20,21)(H2,18,19,22,23)/b8-6+. The van der Waals surface area contributed by atoms with E-state index < -0.39 is 11.5 Å². The van der Waals surface area contributed by atoms with Gasteiger partial charge in [0.1, 0.15) is 17.3 Å². The predicted octanol–water partition coefficient (Wildman–Crippen LogP) is 1.80. The molecule has 0 spiro atoms. The largest absolute Gasteiger partial charge is 0.478 e. The van der Waals surface area contributed by atoms with Crippen molar-refractivity contribution in [2.24, 2.45) is 0 Å². The summed E-state index contributed by atoms with van der Waals surface area (Å²) in [6, 6.07) is 8.65. The summed E-state index contributed by atoms with van der Waals surface area (Å²) in [6.07, 6.45) is 2.42. The molecule has 2 aromatic rings. The first-order valence-corrected chi connectivity index (χ1v) is 6.71. The summed E-state index contributed by atoms with van der Waals surface area (Å²) in [5, 5.41) is 17.7. The van der Waals surface area contributed by atoms with Crippen LogP contribution in [0.3, 0.4) is 0 Å². The summed E-state index contributed by atoms with van der Waals surface area (Å²) in [7, 11) is 0. The summed E-state index contributed by atoms with van der Waals surface area (Å²) in [5.41, 5.74) is 0.486. The van der Waals surface area contributed by atoms with Gasteiger partial charge in [-0.2, -0.15) is 5.26 Å². The van der Waals surface area contributed by atoms with Crippen LogP contribution in [0.5, 0.6) is 0 Å². The Morgan fingerprint density at radius 2 is 2.00 bits per heavy atom. The zero-order valence-electron chi connectivity index (χ0n) is 11.6. The minimum absolute atomic E-state index is 0.0670. The van der Waals surface area contributed by atoms with E-state index in [2.05, 4.69) is 21.8 Å². The van der Waals surface area contributed by atoms with Crippen LogP contribution in [-0.2, 0) is 4.79 Å². The summed E-state index contributed by atoms with van der Waals surface area (Å²) in [5.74, 6) is 4.43. The lowest BCUT2D eigenvalue weighted by Gasteiger charge is -1.98. The third-order valence-corrected chi connectivity index (χ3v) is 2.95.